The fourth-order valence-corrected chi connectivity index (χ4v) is 2.72. The summed E-state index contributed by atoms with van der Waals surface area (Å²) in [5.41, 5.74) is 7.19. The van der Waals surface area contributed by atoms with E-state index in [0.717, 1.165) is 25.3 Å². The average Bonchev–Trinajstić information content (AvgIpc) is 2.45. The van der Waals surface area contributed by atoms with E-state index in [-0.39, 0.29) is 0 Å². The van der Waals surface area contributed by atoms with E-state index in [1.807, 2.05) is 6.07 Å². The van der Waals surface area contributed by atoms with E-state index < -0.39 is 0 Å². The van der Waals surface area contributed by atoms with Gasteiger partial charge in [-0.3, -0.25) is 4.90 Å². The molecule has 18 heavy (non-hydrogen) atoms. The van der Waals surface area contributed by atoms with Crippen molar-refractivity contribution in [2.75, 3.05) is 26.7 Å². The number of ether oxygens (including phenoxy) is 1. The average molecular weight is 248 g/mol. The van der Waals surface area contributed by atoms with Gasteiger partial charge in [-0.1, -0.05) is 18.6 Å². The number of likely N-dealkylation sites (tertiary alicyclic amines) is 1. The molecule has 1 atom stereocenters. The van der Waals surface area contributed by atoms with Crippen LogP contribution in [-0.2, 0) is 6.42 Å². The molecule has 1 fully saturated rings. The number of nitrogens with two attached hydrogens (primary N) is 1. The van der Waals surface area contributed by atoms with Crippen molar-refractivity contribution in [3.8, 4) is 5.75 Å². The summed E-state index contributed by atoms with van der Waals surface area (Å²) < 4.78 is 5.26. The van der Waals surface area contributed by atoms with Gasteiger partial charge in [0, 0.05) is 19.1 Å². The standard InChI is InChI=1S/C15H24N2O/c1-18-15-7-4-5-13(11-15)8-10-17-9-3-2-6-14(17)12-16/h4-5,7,11,14H,2-3,6,8-10,12,16H2,1H3/t14-/m1/s1. The summed E-state index contributed by atoms with van der Waals surface area (Å²) >= 11 is 0. The van der Waals surface area contributed by atoms with Crippen LogP contribution in [-0.4, -0.2) is 37.7 Å². The number of hydrogen-bond donors (Lipinski definition) is 1. The van der Waals surface area contributed by atoms with Crippen molar-refractivity contribution in [3.05, 3.63) is 29.8 Å². The van der Waals surface area contributed by atoms with Gasteiger partial charge in [-0.05, 0) is 43.5 Å². The van der Waals surface area contributed by atoms with Gasteiger partial charge in [-0.25, -0.2) is 0 Å². The van der Waals surface area contributed by atoms with E-state index in [2.05, 4.69) is 23.1 Å². The van der Waals surface area contributed by atoms with Gasteiger partial charge < -0.3 is 10.5 Å². The molecule has 1 aromatic rings. The molecule has 0 unspecified atom stereocenters. The maximum Gasteiger partial charge on any atom is 0.119 e. The molecule has 0 aromatic heterocycles. The lowest BCUT2D eigenvalue weighted by atomic mass is 10.0. The van der Waals surface area contributed by atoms with Crippen LogP contribution in [0.1, 0.15) is 24.8 Å². The molecular formula is C15H24N2O. The lowest BCUT2D eigenvalue weighted by molar-refractivity contribution is 0.155. The zero-order chi connectivity index (χ0) is 12.8. The molecule has 1 heterocycles. The Kier molecular flexibility index (Phi) is 5.02. The third-order valence-corrected chi connectivity index (χ3v) is 3.84. The number of hydrogen-bond acceptors (Lipinski definition) is 3. The Balaban J connectivity index is 1.89. The van der Waals surface area contributed by atoms with Crippen molar-refractivity contribution in [2.24, 2.45) is 5.73 Å². The number of benzene rings is 1. The fraction of sp³-hybridized carbons (Fsp3) is 0.600. The molecule has 0 spiro atoms. The molecule has 1 aromatic carbocycles. The van der Waals surface area contributed by atoms with Crippen molar-refractivity contribution in [1.82, 2.24) is 4.90 Å². The summed E-state index contributed by atoms with van der Waals surface area (Å²) in [7, 11) is 1.72. The van der Waals surface area contributed by atoms with Crippen LogP contribution < -0.4 is 10.5 Å². The van der Waals surface area contributed by atoms with Gasteiger partial charge in [-0.15, -0.1) is 0 Å². The predicted octanol–water partition coefficient (Wildman–Crippen LogP) is 2.05. The first-order valence-electron chi connectivity index (χ1n) is 6.90. The minimum absolute atomic E-state index is 0.587. The molecule has 0 bridgehead atoms. The molecule has 1 aliphatic rings. The van der Waals surface area contributed by atoms with Crippen LogP contribution in [0, 0.1) is 0 Å². The van der Waals surface area contributed by atoms with Gasteiger partial charge in [0.1, 0.15) is 5.75 Å². The second-order valence-electron chi connectivity index (χ2n) is 5.02. The number of methoxy groups -OCH3 is 1. The van der Waals surface area contributed by atoms with Gasteiger partial charge >= 0.3 is 0 Å². The Morgan fingerprint density at radius 1 is 1.39 bits per heavy atom. The highest BCUT2D eigenvalue weighted by molar-refractivity contribution is 5.28. The summed E-state index contributed by atoms with van der Waals surface area (Å²) in [5, 5.41) is 0. The minimum Gasteiger partial charge on any atom is -0.497 e. The lowest BCUT2D eigenvalue weighted by Gasteiger charge is -2.35. The summed E-state index contributed by atoms with van der Waals surface area (Å²) in [6.45, 7) is 3.10. The van der Waals surface area contributed by atoms with Crippen LogP contribution in [0.3, 0.4) is 0 Å². The second-order valence-corrected chi connectivity index (χ2v) is 5.02. The van der Waals surface area contributed by atoms with E-state index in [9.17, 15) is 0 Å². The van der Waals surface area contributed by atoms with Crippen molar-refractivity contribution in [3.63, 3.8) is 0 Å². The summed E-state index contributed by atoms with van der Waals surface area (Å²) in [4.78, 5) is 2.54. The maximum absolute atomic E-state index is 5.85. The zero-order valence-electron chi connectivity index (χ0n) is 11.3. The van der Waals surface area contributed by atoms with Crippen LogP contribution in [0.2, 0.25) is 0 Å². The quantitative estimate of drug-likeness (QED) is 0.866. The molecule has 0 radical (unpaired) electrons. The highest BCUT2D eigenvalue weighted by Gasteiger charge is 2.20. The Hall–Kier alpha value is -1.06. The highest BCUT2D eigenvalue weighted by atomic mass is 16.5. The second kappa shape index (κ2) is 6.76. The molecule has 0 aliphatic carbocycles. The van der Waals surface area contributed by atoms with E-state index in [1.165, 1.54) is 31.4 Å². The lowest BCUT2D eigenvalue weighted by Crippen LogP contribution is -2.44. The molecule has 0 amide bonds. The SMILES string of the molecule is COc1cccc(CCN2CCCC[C@@H]2CN)c1. The topological polar surface area (TPSA) is 38.5 Å². The predicted molar refractivity (Wildman–Crippen MR) is 75.0 cm³/mol. The van der Waals surface area contributed by atoms with Gasteiger partial charge in [0.05, 0.1) is 7.11 Å². The third-order valence-electron chi connectivity index (χ3n) is 3.84. The summed E-state index contributed by atoms with van der Waals surface area (Å²) in [6.07, 6.45) is 4.98. The van der Waals surface area contributed by atoms with Crippen LogP contribution in [0.15, 0.2) is 24.3 Å². The van der Waals surface area contributed by atoms with Crippen molar-refractivity contribution in [1.29, 1.82) is 0 Å². The van der Waals surface area contributed by atoms with Crippen LogP contribution >= 0.6 is 0 Å². The smallest absolute Gasteiger partial charge is 0.119 e. The van der Waals surface area contributed by atoms with Crippen LogP contribution in [0.25, 0.3) is 0 Å². The Morgan fingerprint density at radius 2 is 2.28 bits per heavy atom. The summed E-state index contributed by atoms with van der Waals surface area (Å²) in [5.74, 6) is 0.946. The zero-order valence-corrected chi connectivity index (χ0v) is 11.3. The van der Waals surface area contributed by atoms with Crippen LogP contribution in [0.5, 0.6) is 5.75 Å². The number of piperidine rings is 1. The first kappa shape index (κ1) is 13.4. The van der Waals surface area contributed by atoms with Crippen molar-refractivity contribution < 1.29 is 4.74 Å². The first-order valence-corrected chi connectivity index (χ1v) is 6.90. The van der Waals surface area contributed by atoms with E-state index in [0.29, 0.717) is 6.04 Å². The largest absolute Gasteiger partial charge is 0.497 e. The summed E-state index contributed by atoms with van der Waals surface area (Å²) in [6, 6.07) is 8.94. The molecule has 3 nitrogen and oxygen atoms in total. The van der Waals surface area contributed by atoms with Gasteiger partial charge in [0.2, 0.25) is 0 Å². The Morgan fingerprint density at radius 3 is 3.06 bits per heavy atom. The number of rotatable bonds is 5. The van der Waals surface area contributed by atoms with E-state index in [4.69, 9.17) is 10.5 Å². The minimum atomic E-state index is 0.587. The van der Waals surface area contributed by atoms with Crippen LogP contribution in [0.4, 0.5) is 0 Å². The molecule has 1 aliphatic heterocycles. The van der Waals surface area contributed by atoms with Crippen molar-refractivity contribution >= 4 is 0 Å². The number of nitrogens with zero attached hydrogens (tertiary/aromatic N) is 1. The van der Waals surface area contributed by atoms with Gasteiger partial charge in [-0.2, -0.15) is 0 Å². The molecule has 2 rings (SSSR count). The monoisotopic (exact) mass is 248 g/mol. The van der Waals surface area contributed by atoms with Gasteiger partial charge in [0.15, 0.2) is 0 Å². The normalized spacial score (nSPS) is 20.9. The fourth-order valence-electron chi connectivity index (χ4n) is 2.72. The Labute approximate surface area is 110 Å². The van der Waals surface area contributed by atoms with E-state index >= 15 is 0 Å². The molecule has 2 N–H and O–H groups in total. The molecule has 100 valence electrons. The molecule has 1 saturated heterocycles. The Bertz CT molecular complexity index is 367. The van der Waals surface area contributed by atoms with E-state index in [1.54, 1.807) is 7.11 Å². The van der Waals surface area contributed by atoms with Crippen molar-refractivity contribution in [2.45, 2.75) is 31.7 Å². The molecule has 3 heteroatoms. The molecule has 0 saturated carbocycles. The third kappa shape index (κ3) is 3.47. The highest BCUT2D eigenvalue weighted by Crippen LogP contribution is 2.18. The first-order chi connectivity index (χ1) is 8.83. The maximum atomic E-state index is 5.85. The van der Waals surface area contributed by atoms with Gasteiger partial charge in [0.25, 0.3) is 0 Å². The molecular weight excluding hydrogens is 224 g/mol.